The summed E-state index contributed by atoms with van der Waals surface area (Å²) in [6.45, 7) is 10.6. The van der Waals surface area contributed by atoms with Crippen molar-refractivity contribution in [3.8, 4) is 0 Å². The van der Waals surface area contributed by atoms with Gasteiger partial charge in [-0.05, 0) is 28.9 Å². The van der Waals surface area contributed by atoms with Crippen LogP contribution in [0.4, 0.5) is 0 Å². The Morgan fingerprint density at radius 2 is 2.06 bits per heavy atom. The SMILES string of the molecule is C=C(c1cc(/C=C/B(O)O)c(SC)s1)C(C)(C)C. The van der Waals surface area contributed by atoms with Gasteiger partial charge in [0.2, 0.25) is 0 Å². The van der Waals surface area contributed by atoms with Crippen LogP contribution in [0.3, 0.4) is 0 Å². The first kappa shape index (κ1) is 15.6. The number of rotatable bonds is 4. The molecule has 1 aromatic rings. The zero-order valence-electron chi connectivity index (χ0n) is 11.2. The van der Waals surface area contributed by atoms with E-state index in [0.29, 0.717) is 0 Å². The van der Waals surface area contributed by atoms with Crippen LogP contribution in [-0.2, 0) is 0 Å². The van der Waals surface area contributed by atoms with Gasteiger partial charge in [-0.1, -0.05) is 39.4 Å². The normalized spacial score (nSPS) is 12.1. The highest BCUT2D eigenvalue weighted by Gasteiger charge is 2.19. The van der Waals surface area contributed by atoms with Crippen LogP contribution in [0, 0.1) is 5.41 Å². The highest BCUT2D eigenvalue weighted by Crippen LogP contribution is 2.40. The summed E-state index contributed by atoms with van der Waals surface area (Å²) in [5.74, 6) is 1.37. The van der Waals surface area contributed by atoms with Crippen molar-refractivity contribution in [2.75, 3.05) is 6.26 Å². The minimum atomic E-state index is -1.41. The average molecular weight is 282 g/mol. The maximum atomic E-state index is 8.87. The van der Waals surface area contributed by atoms with Gasteiger partial charge >= 0.3 is 7.12 Å². The molecular weight excluding hydrogens is 263 g/mol. The van der Waals surface area contributed by atoms with Gasteiger partial charge in [0.05, 0.1) is 4.21 Å². The Kier molecular flexibility index (Phi) is 5.28. The summed E-state index contributed by atoms with van der Waals surface area (Å²) in [4.78, 5) is 1.15. The molecule has 0 aliphatic heterocycles. The van der Waals surface area contributed by atoms with E-state index in [1.165, 1.54) is 5.98 Å². The molecule has 0 amide bonds. The molecule has 0 spiro atoms. The molecule has 0 unspecified atom stereocenters. The van der Waals surface area contributed by atoms with Crippen molar-refractivity contribution in [1.82, 2.24) is 0 Å². The van der Waals surface area contributed by atoms with Crippen LogP contribution in [0.2, 0.25) is 0 Å². The third kappa shape index (κ3) is 4.02. The Morgan fingerprint density at radius 1 is 1.44 bits per heavy atom. The Bertz CT molecular complexity index is 456. The number of thioether (sulfide) groups is 1. The smallest absolute Gasteiger partial charge is 0.424 e. The lowest BCUT2D eigenvalue weighted by atomic mass is 9.86. The Hall–Kier alpha value is -0.485. The molecule has 1 rings (SSSR count). The predicted molar refractivity (Wildman–Crippen MR) is 83.8 cm³/mol. The molecule has 2 nitrogen and oxygen atoms in total. The lowest BCUT2D eigenvalue weighted by molar-refractivity contribution is 0.424. The van der Waals surface area contributed by atoms with Gasteiger partial charge in [0.1, 0.15) is 0 Å². The van der Waals surface area contributed by atoms with Crippen molar-refractivity contribution < 1.29 is 10.0 Å². The van der Waals surface area contributed by atoms with Gasteiger partial charge in [-0.25, -0.2) is 0 Å². The van der Waals surface area contributed by atoms with E-state index in [4.69, 9.17) is 10.0 Å². The maximum absolute atomic E-state index is 8.87. The number of hydrogen-bond donors (Lipinski definition) is 2. The average Bonchev–Trinajstić information content (AvgIpc) is 2.66. The Morgan fingerprint density at radius 3 is 2.50 bits per heavy atom. The molecule has 1 aromatic heterocycles. The molecule has 5 heteroatoms. The summed E-state index contributed by atoms with van der Waals surface area (Å²) >= 11 is 3.35. The second-order valence-electron chi connectivity index (χ2n) is 5.06. The van der Waals surface area contributed by atoms with Crippen LogP contribution >= 0.6 is 23.1 Å². The molecule has 0 aromatic carbocycles. The van der Waals surface area contributed by atoms with Gasteiger partial charge < -0.3 is 10.0 Å². The largest absolute Gasteiger partial charge is 0.480 e. The van der Waals surface area contributed by atoms with E-state index in [-0.39, 0.29) is 5.41 Å². The third-order valence-corrected chi connectivity index (χ3v) is 4.92. The minimum Gasteiger partial charge on any atom is -0.424 e. The van der Waals surface area contributed by atoms with E-state index in [1.807, 2.05) is 6.26 Å². The van der Waals surface area contributed by atoms with Crippen LogP contribution in [-0.4, -0.2) is 23.4 Å². The highest BCUT2D eigenvalue weighted by molar-refractivity contribution is 8.00. The summed E-state index contributed by atoms with van der Waals surface area (Å²) in [6, 6.07) is 2.06. The first-order chi connectivity index (χ1) is 8.25. The molecule has 1 heterocycles. The van der Waals surface area contributed by atoms with E-state index >= 15 is 0 Å². The van der Waals surface area contributed by atoms with E-state index in [1.54, 1.807) is 29.2 Å². The topological polar surface area (TPSA) is 40.5 Å². The van der Waals surface area contributed by atoms with Gasteiger partial charge in [0.15, 0.2) is 0 Å². The van der Waals surface area contributed by atoms with E-state index in [0.717, 1.165) is 20.2 Å². The summed E-state index contributed by atoms with van der Waals surface area (Å²) in [5, 5.41) is 17.7. The van der Waals surface area contributed by atoms with Crippen LogP contribution in [0.5, 0.6) is 0 Å². The number of thiophene rings is 1. The van der Waals surface area contributed by atoms with Crippen molar-refractivity contribution in [2.45, 2.75) is 25.0 Å². The van der Waals surface area contributed by atoms with E-state index in [2.05, 4.69) is 33.4 Å². The fourth-order valence-corrected chi connectivity index (χ4v) is 3.40. The minimum absolute atomic E-state index is 0.0397. The van der Waals surface area contributed by atoms with Crippen molar-refractivity contribution in [1.29, 1.82) is 0 Å². The molecule has 2 N–H and O–H groups in total. The standard InChI is InChI=1S/C13H19BO2S2/c1-9(13(2,3)4)11-8-10(6-7-14(15)16)12(17-5)18-11/h6-8,15-16H,1H2,2-5H3/b7-6+. The lowest BCUT2D eigenvalue weighted by Crippen LogP contribution is -2.06. The number of hydrogen-bond acceptors (Lipinski definition) is 4. The van der Waals surface area contributed by atoms with Crippen molar-refractivity contribution >= 4 is 41.9 Å². The molecule has 0 atom stereocenters. The summed E-state index contributed by atoms with van der Waals surface area (Å²) in [5.41, 5.74) is 2.16. The van der Waals surface area contributed by atoms with Crippen molar-refractivity contribution in [3.63, 3.8) is 0 Å². The summed E-state index contributed by atoms with van der Waals surface area (Å²) < 4.78 is 1.16. The second kappa shape index (κ2) is 6.11. The van der Waals surface area contributed by atoms with Gasteiger partial charge in [-0.3, -0.25) is 0 Å². The van der Waals surface area contributed by atoms with Crippen LogP contribution in [0.15, 0.2) is 22.8 Å². The van der Waals surface area contributed by atoms with Crippen LogP contribution in [0.25, 0.3) is 11.6 Å². The fourth-order valence-electron chi connectivity index (χ4n) is 1.37. The first-order valence-electron chi connectivity index (χ1n) is 5.67. The van der Waals surface area contributed by atoms with Gasteiger partial charge in [0, 0.05) is 4.88 Å². The third-order valence-electron chi connectivity index (χ3n) is 2.56. The van der Waals surface area contributed by atoms with Crippen molar-refractivity contribution in [3.05, 3.63) is 29.1 Å². The van der Waals surface area contributed by atoms with E-state index in [9.17, 15) is 0 Å². The Balaban J connectivity index is 3.09. The predicted octanol–water partition coefficient (Wildman–Crippen LogP) is 3.55. The molecule has 0 saturated carbocycles. The molecule has 0 saturated heterocycles. The molecule has 0 aliphatic rings. The second-order valence-corrected chi connectivity index (χ2v) is 7.19. The van der Waals surface area contributed by atoms with Gasteiger partial charge in [-0.2, -0.15) is 0 Å². The quantitative estimate of drug-likeness (QED) is 0.655. The zero-order valence-corrected chi connectivity index (χ0v) is 12.9. The Labute approximate surface area is 118 Å². The first-order valence-corrected chi connectivity index (χ1v) is 7.71. The maximum Gasteiger partial charge on any atom is 0.480 e. The fraction of sp³-hybridized carbons (Fsp3) is 0.385. The molecule has 0 fully saturated rings. The lowest BCUT2D eigenvalue weighted by Gasteiger charge is -2.20. The molecule has 18 heavy (non-hydrogen) atoms. The zero-order chi connectivity index (χ0) is 13.9. The molecule has 0 aliphatic carbocycles. The van der Waals surface area contributed by atoms with Gasteiger partial charge in [0.25, 0.3) is 0 Å². The van der Waals surface area contributed by atoms with Crippen LogP contribution in [0.1, 0.15) is 31.2 Å². The van der Waals surface area contributed by atoms with Gasteiger partial charge in [-0.15, -0.1) is 23.1 Å². The molecular formula is C13H19BO2S2. The number of allylic oxidation sites excluding steroid dienone is 1. The monoisotopic (exact) mass is 282 g/mol. The molecule has 0 radical (unpaired) electrons. The molecule has 0 bridgehead atoms. The van der Waals surface area contributed by atoms with E-state index < -0.39 is 7.12 Å². The molecule has 98 valence electrons. The highest BCUT2D eigenvalue weighted by atomic mass is 32.2. The van der Waals surface area contributed by atoms with Crippen LogP contribution < -0.4 is 0 Å². The summed E-state index contributed by atoms with van der Waals surface area (Å²) in [7, 11) is -1.41. The summed E-state index contributed by atoms with van der Waals surface area (Å²) in [6.07, 6.45) is 3.76. The van der Waals surface area contributed by atoms with Crippen molar-refractivity contribution in [2.24, 2.45) is 5.41 Å².